The highest BCUT2D eigenvalue weighted by Crippen LogP contribution is 2.34. The summed E-state index contributed by atoms with van der Waals surface area (Å²) in [6.45, 7) is 0. The lowest BCUT2D eigenvalue weighted by atomic mass is 9.96. The predicted molar refractivity (Wildman–Crippen MR) is 71.2 cm³/mol. The molecule has 0 aliphatic rings. The lowest BCUT2D eigenvalue weighted by Crippen LogP contribution is -1.83. The fourth-order valence-corrected chi connectivity index (χ4v) is 2.06. The molecule has 0 atom stereocenters. The number of hydrogen-bond donors (Lipinski definition) is 1. The van der Waals surface area contributed by atoms with Gasteiger partial charge in [-0.1, -0.05) is 36.4 Å². The highest BCUT2D eigenvalue weighted by atomic mass is 16.3. The minimum absolute atomic E-state index is 0.255. The van der Waals surface area contributed by atoms with Gasteiger partial charge in [-0.3, -0.25) is 0 Å². The van der Waals surface area contributed by atoms with Crippen molar-refractivity contribution < 1.29 is 9.52 Å². The van der Waals surface area contributed by atoms with Gasteiger partial charge in [0.2, 0.25) is 0 Å². The molecule has 0 amide bonds. The van der Waals surface area contributed by atoms with Gasteiger partial charge in [-0.25, -0.2) is 0 Å². The molecule has 0 aliphatic carbocycles. The van der Waals surface area contributed by atoms with Crippen molar-refractivity contribution >= 4 is 0 Å². The smallest absolute Gasteiger partial charge is 0.116 e. The Bertz CT molecular complexity index is 640. The number of aromatic hydroxyl groups is 1. The maximum absolute atomic E-state index is 9.65. The number of phenolic OH excluding ortho intramolecular Hbond substituents is 1. The van der Waals surface area contributed by atoms with Gasteiger partial charge in [0.25, 0.3) is 0 Å². The van der Waals surface area contributed by atoms with Crippen molar-refractivity contribution in [2.45, 2.75) is 0 Å². The first-order valence-corrected chi connectivity index (χ1v) is 5.75. The molecule has 1 heterocycles. The quantitative estimate of drug-likeness (QED) is 0.718. The summed E-state index contributed by atoms with van der Waals surface area (Å²) in [5.41, 5.74) is 4.13. The standard InChI is InChI=1S/C16H12O2/c17-14-6-7-15(12-4-2-1-3-5-12)16(10-14)13-8-9-18-11-13/h1-11,17H. The molecule has 2 nitrogen and oxygen atoms in total. The third-order valence-corrected chi connectivity index (χ3v) is 2.92. The SMILES string of the molecule is Oc1ccc(-c2ccccc2)c(-c2ccoc2)c1. The van der Waals surface area contributed by atoms with Crippen LogP contribution in [0.3, 0.4) is 0 Å². The molecular weight excluding hydrogens is 224 g/mol. The van der Waals surface area contributed by atoms with E-state index < -0.39 is 0 Å². The molecule has 0 radical (unpaired) electrons. The Balaban J connectivity index is 2.21. The monoisotopic (exact) mass is 236 g/mol. The molecule has 18 heavy (non-hydrogen) atoms. The van der Waals surface area contributed by atoms with E-state index in [0.29, 0.717) is 0 Å². The van der Waals surface area contributed by atoms with Gasteiger partial charge in [-0.2, -0.15) is 0 Å². The zero-order valence-corrected chi connectivity index (χ0v) is 9.71. The number of hydrogen-bond acceptors (Lipinski definition) is 2. The lowest BCUT2D eigenvalue weighted by Gasteiger charge is -2.08. The normalized spacial score (nSPS) is 10.4. The average molecular weight is 236 g/mol. The molecule has 0 spiro atoms. The molecule has 0 bridgehead atoms. The van der Waals surface area contributed by atoms with Crippen molar-refractivity contribution in [1.82, 2.24) is 0 Å². The lowest BCUT2D eigenvalue weighted by molar-refractivity contribution is 0.475. The summed E-state index contributed by atoms with van der Waals surface area (Å²) in [5.74, 6) is 0.255. The van der Waals surface area contributed by atoms with Crippen LogP contribution in [-0.2, 0) is 0 Å². The maximum atomic E-state index is 9.65. The Kier molecular flexibility index (Phi) is 2.61. The summed E-state index contributed by atoms with van der Waals surface area (Å²) < 4.78 is 5.12. The van der Waals surface area contributed by atoms with E-state index in [1.807, 2.05) is 30.3 Å². The van der Waals surface area contributed by atoms with E-state index in [9.17, 15) is 5.11 Å². The zero-order chi connectivity index (χ0) is 12.4. The molecular formula is C16H12O2. The topological polar surface area (TPSA) is 33.4 Å². The van der Waals surface area contributed by atoms with Crippen molar-refractivity contribution in [1.29, 1.82) is 0 Å². The van der Waals surface area contributed by atoms with Crippen LogP contribution in [0.2, 0.25) is 0 Å². The van der Waals surface area contributed by atoms with E-state index in [1.54, 1.807) is 24.7 Å². The Hall–Kier alpha value is -2.48. The summed E-state index contributed by atoms with van der Waals surface area (Å²) >= 11 is 0. The van der Waals surface area contributed by atoms with Crippen LogP contribution < -0.4 is 0 Å². The first kappa shape index (κ1) is 10.7. The molecule has 88 valence electrons. The molecule has 0 aliphatic heterocycles. The molecule has 2 heteroatoms. The van der Waals surface area contributed by atoms with Gasteiger partial charge in [-0.05, 0) is 34.9 Å². The van der Waals surface area contributed by atoms with Crippen LogP contribution in [0.4, 0.5) is 0 Å². The highest BCUT2D eigenvalue weighted by molar-refractivity contribution is 5.83. The van der Waals surface area contributed by atoms with Crippen LogP contribution in [0, 0.1) is 0 Å². The third kappa shape index (κ3) is 1.89. The molecule has 0 saturated heterocycles. The minimum atomic E-state index is 0.255. The van der Waals surface area contributed by atoms with Gasteiger partial charge in [-0.15, -0.1) is 0 Å². The molecule has 3 rings (SSSR count). The van der Waals surface area contributed by atoms with Crippen molar-refractivity contribution in [2.75, 3.05) is 0 Å². The highest BCUT2D eigenvalue weighted by Gasteiger charge is 2.09. The van der Waals surface area contributed by atoms with Crippen LogP contribution in [0.25, 0.3) is 22.3 Å². The van der Waals surface area contributed by atoms with Crippen LogP contribution in [0.1, 0.15) is 0 Å². The van der Waals surface area contributed by atoms with Gasteiger partial charge in [0.1, 0.15) is 5.75 Å². The van der Waals surface area contributed by atoms with E-state index >= 15 is 0 Å². The van der Waals surface area contributed by atoms with Crippen molar-refractivity contribution in [2.24, 2.45) is 0 Å². The molecule has 3 aromatic rings. The first-order chi connectivity index (χ1) is 8.84. The largest absolute Gasteiger partial charge is 0.508 e. The third-order valence-electron chi connectivity index (χ3n) is 2.92. The summed E-state index contributed by atoms with van der Waals surface area (Å²) in [6.07, 6.45) is 3.31. The molecule has 0 fully saturated rings. The zero-order valence-electron chi connectivity index (χ0n) is 9.71. The number of benzene rings is 2. The number of rotatable bonds is 2. The Morgan fingerprint density at radius 3 is 2.33 bits per heavy atom. The summed E-state index contributed by atoms with van der Waals surface area (Å²) in [4.78, 5) is 0. The van der Waals surface area contributed by atoms with Crippen LogP contribution in [0.5, 0.6) is 5.75 Å². The van der Waals surface area contributed by atoms with Crippen molar-refractivity contribution in [3.8, 4) is 28.0 Å². The predicted octanol–water partition coefficient (Wildman–Crippen LogP) is 4.32. The molecule has 1 N–H and O–H groups in total. The van der Waals surface area contributed by atoms with E-state index in [2.05, 4.69) is 12.1 Å². The van der Waals surface area contributed by atoms with Crippen LogP contribution in [0.15, 0.2) is 71.5 Å². The van der Waals surface area contributed by atoms with E-state index in [0.717, 1.165) is 22.3 Å². The fourth-order valence-electron chi connectivity index (χ4n) is 2.06. The summed E-state index contributed by atoms with van der Waals surface area (Å²) in [6, 6.07) is 17.4. The van der Waals surface area contributed by atoms with Gasteiger partial charge in [0, 0.05) is 5.56 Å². The van der Waals surface area contributed by atoms with Crippen LogP contribution >= 0.6 is 0 Å². The number of furan rings is 1. The van der Waals surface area contributed by atoms with E-state index in [4.69, 9.17) is 4.42 Å². The van der Waals surface area contributed by atoms with Gasteiger partial charge < -0.3 is 9.52 Å². The molecule has 0 unspecified atom stereocenters. The second-order valence-electron chi connectivity index (χ2n) is 4.11. The minimum Gasteiger partial charge on any atom is -0.508 e. The van der Waals surface area contributed by atoms with Gasteiger partial charge in [0.05, 0.1) is 12.5 Å². The first-order valence-electron chi connectivity index (χ1n) is 5.75. The Morgan fingerprint density at radius 2 is 1.61 bits per heavy atom. The average Bonchev–Trinajstić information content (AvgIpc) is 2.93. The summed E-state index contributed by atoms with van der Waals surface area (Å²) in [5, 5.41) is 9.65. The second-order valence-corrected chi connectivity index (χ2v) is 4.11. The fraction of sp³-hybridized carbons (Fsp3) is 0. The van der Waals surface area contributed by atoms with Crippen molar-refractivity contribution in [3.05, 3.63) is 67.1 Å². The van der Waals surface area contributed by atoms with Gasteiger partial charge >= 0.3 is 0 Å². The summed E-state index contributed by atoms with van der Waals surface area (Å²) in [7, 11) is 0. The number of phenols is 1. The Labute approximate surface area is 105 Å². The van der Waals surface area contributed by atoms with E-state index in [1.165, 1.54) is 0 Å². The van der Waals surface area contributed by atoms with Crippen LogP contribution in [-0.4, -0.2) is 5.11 Å². The molecule has 1 aromatic heterocycles. The van der Waals surface area contributed by atoms with E-state index in [-0.39, 0.29) is 5.75 Å². The second kappa shape index (κ2) is 4.41. The Morgan fingerprint density at radius 1 is 0.778 bits per heavy atom. The van der Waals surface area contributed by atoms with Crippen molar-refractivity contribution in [3.63, 3.8) is 0 Å². The molecule has 2 aromatic carbocycles. The maximum Gasteiger partial charge on any atom is 0.116 e. The molecule has 0 saturated carbocycles. The van der Waals surface area contributed by atoms with Gasteiger partial charge in [0.15, 0.2) is 0 Å².